The smallest absolute Gasteiger partial charge is 0.233 e. The molecule has 1 aromatic carbocycles. The molecule has 0 spiro atoms. The minimum absolute atomic E-state index is 0.321. The van der Waals surface area contributed by atoms with Gasteiger partial charge in [0.15, 0.2) is 5.75 Å². The van der Waals surface area contributed by atoms with Crippen molar-refractivity contribution in [3.8, 4) is 5.75 Å². The Balaban J connectivity index is 2.64. The molecule has 7 heteroatoms. The molecule has 0 aliphatic carbocycles. The van der Waals surface area contributed by atoms with Gasteiger partial charge in [0.2, 0.25) is 0 Å². The van der Waals surface area contributed by atoms with Gasteiger partial charge in [-0.25, -0.2) is 4.52 Å². The van der Waals surface area contributed by atoms with Crippen LogP contribution in [0.4, 0.5) is 0 Å². The summed E-state index contributed by atoms with van der Waals surface area (Å²) in [5.74, 6) is 0.505. The third-order valence-electron chi connectivity index (χ3n) is 1.44. The average molecular weight is 297 g/mol. The number of para-hydroxylation sites is 1. The fraction of sp³-hybridized carbons (Fsp3) is 0.222. The van der Waals surface area contributed by atoms with Crippen LogP contribution in [0.25, 0.3) is 0 Å². The summed E-state index contributed by atoms with van der Waals surface area (Å²) in [5.41, 5.74) is 0. The largest absolute Gasteiger partial charge is 0.730 e. The van der Waals surface area contributed by atoms with Gasteiger partial charge in [0, 0.05) is 4.57 Å². The molecule has 0 amide bonds. The second-order valence-electron chi connectivity index (χ2n) is 2.54. The van der Waals surface area contributed by atoms with Gasteiger partial charge in [-0.1, -0.05) is 28.7 Å². The molecule has 0 N–H and O–H groups in total. The van der Waals surface area contributed by atoms with E-state index in [0.29, 0.717) is 16.2 Å². The van der Waals surface area contributed by atoms with E-state index in [2.05, 4.69) is 9.92 Å². The summed E-state index contributed by atoms with van der Waals surface area (Å²) < 4.78 is 20.1. The normalized spacial score (nSPS) is 10.8. The molecule has 1 unspecified atom stereocenters. The van der Waals surface area contributed by atoms with Gasteiger partial charge in [-0.2, -0.15) is 0 Å². The van der Waals surface area contributed by atoms with Crippen LogP contribution in [0.2, 0.25) is 0 Å². The number of nitrogens with zero attached hydrogens (tertiary/aromatic N) is 1. The SMILES string of the molecule is O=[P+](N=C=S(CCl)CCl)Oc1ccccc1. The Bertz CT molecular complexity index is 415. The Kier molecular flexibility index (Phi) is 6.70. The molecule has 1 aromatic rings. The minimum atomic E-state index is -2.15. The first-order valence-electron chi connectivity index (χ1n) is 4.22. The Labute approximate surface area is 107 Å². The molecule has 0 saturated carbocycles. The zero-order chi connectivity index (χ0) is 11.8. The zero-order valence-corrected chi connectivity index (χ0v) is 11.4. The molecule has 0 saturated heterocycles. The van der Waals surface area contributed by atoms with E-state index in [9.17, 15) is 4.57 Å². The van der Waals surface area contributed by atoms with Crippen molar-refractivity contribution in [3.63, 3.8) is 0 Å². The number of isothiocyanates is 1. The molecule has 0 radical (unpaired) electrons. The van der Waals surface area contributed by atoms with Gasteiger partial charge in [0.1, 0.15) is 0 Å². The quantitative estimate of drug-likeness (QED) is 0.352. The highest BCUT2D eigenvalue weighted by Crippen LogP contribution is 2.27. The number of benzene rings is 1. The Morgan fingerprint density at radius 2 is 1.94 bits per heavy atom. The lowest BCUT2D eigenvalue weighted by Crippen LogP contribution is -1.78. The predicted octanol–water partition coefficient (Wildman–Crippen LogP) is 4.29. The van der Waals surface area contributed by atoms with Gasteiger partial charge in [0.25, 0.3) is 0 Å². The zero-order valence-electron chi connectivity index (χ0n) is 8.18. The summed E-state index contributed by atoms with van der Waals surface area (Å²) in [6.07, 6.45) is 0. The molecule has 1 rings (SSSR count). The number of hydrogen-bond donors (Lipinski definition) is 0. The van der Waals surface area contributed by atoms with E-state index in [-0.39, 0.29) is 0 Å². The standard InChI is InChI=1S/C9H9Cl2NO2PS/c10-6-16(7-11)8-12-15(13)14-9-4-2-1-3-5-9/h1-5H,6-7H2/q+1. The monoisotopic (exact) mass is 296 g/mol. The second-order valence-corrected chi connectivity index (χ2v) is 6.32. The first kappa shape index (κ1) is 13.7. The van der Waals surface area contributed by atoms with Crippen LogP contribution in [-0.4, -0.2) is 15.6 Å². The summed E-state index contributed by atoms with van der Waals surface area (Å²) in [7, 11) is -2.61. The van der Waals surface area contributed by atoms with Gasteiger partial charge < -0.3 is 0 Å². The molecule has 86 valence electrons. The highest BCUT2D eigenvalue weighted by molar-refractivity contribution is 8.16. The third kappa shape index (κ3) is 5.11. The van der Waals surface area contributed by atoms with E-state index < -0.39 is 18.7 Å². The van der Waals surface area contributed by atoms with E-state index in [0.717, 1.165) is 0 Å². The Morgan fingerprint density at radius 3 is 2.50 bits per heavy atom. The lowest BCUT2D eigenvalue weighted by Gasteiger charge is -1.89. The first-order valence-corrected chi connectivity index (χ1v) is 7.98. The number of halogens is 2. The van der Waals surface area contributed by atoms with E-state index in [1.165, 1.54) is 0 Å². The van der Waals surface area contributed by atoms with Crippen LogP contribution >= 0.6 is 41.9 Å². The van der Waals surface area contributed by atoms with Gasteiger partial charge in [-0.15, -0.1) is 23.2 Å². The molecule has 16 heavy (non-hydrogen) atoms. The molecule has 1 atom stereocenters. The molecule has 3 nitrogen and oxygen atoms in total. The Morgan fingerprint density at radius 1 is 1.31 bits per heavy atom. The summed E-state index contributed by atoms with van der Waals surface area (Å²) in [5, 5.41) is 3.26. The highest BCUT2D eigenvalue weighted by atomic mass is 35.5. The van der Waals surface area contributed by atoms with Crippen molar-refractivity contribution in [1.82, 2.24) is 0 Å². The maximum absolute atomic E-state index is 11.4. The topological polar surface area (TPSA) is 38.7 Å². The van der Waals surface area contributed by atoms with E-state index in [4.69, 9.17) is 27.7 Å². The van der Waals surface area contributed by atoms with E-state index in [1.807, 2.05) is 6.07 Å². The lowest BCUT2D eigenvalue weighted by molar-refractivity contribution is 0.507. The minimum Gasteiger partial charge on any atom is -0.233 e. The van der Waals surface area contributed by atoms with Gasteiger partial charge in [0.05, 0.1) is 20.3 Å². The summed E-state index contributed by atoms with van der Waals surface area (Å²) in [4.78, 5) is 0. The van der Waals surface area contributed by atoms with Crippen molar-refractivity contribution >= 4 is 47.0 Å². The Hall–Kier alpha value is -0.370. The van der Waals surface area contributed by atoms with Crippen LogP contribution in [0.15, 0.2) is 35.1 Å². The van der Waals surface area contributed by atoms with Crippen molar-refractivity contribution in [3.05, 3.63) is 30.3 Å². The van der Waals surface area contributed by atoms with Crippen molar-refractivity contribution < 1.29 is 9.09 Å². The van der Waals surface area contributed by atoms with Crippen LogP contribution in [0, 0.1) is 0 Å². The van der Waals surface area contributed by atoms with Crippen LogP contribution in [0.1, 0.15) is 0 Å². The molecule has 0 bridgehead atoms. The fourth-order valence-corrected chi connectivity index (χ4v) is 2.98. The summed E-state index contributed by atoms with van der Waals surface area (Å²) in [6.45, 7) is 0. The van der Waals surface area contributed by atoms with E-state index in [1.54, 1.807) is 24.3 Å². The molecule has 0 heterocycles. The number of hydrogen-bond acceptors (Lipinski definition) is 2. The summed E-state index contributed by atoms with van der Waals surface area (Å²) in [6, 6.07) is 8.81. The molecule has 0 aliphatic rings. The second kappa shape index (κ2) is 7.83. The first-order chi connectivity index (χ1) is 7.76. The van der Waals surface area contributed by atoms with Gasteiger partial charge in [-0.05, 0) is 12.1 Å². The fourth-order valence-electron chi connectivity index (χ4n) is 0.761. The lowest BCUT2D eigenvalue weighted by atomic mass is 10.3. The van der Waals surface area contributed by atoms with Crippen molar-refractivity contribution in [1.29, 1.82) is 0 Å². The van der Waals surface area contributed by atoms with Crippen molar-refractivity contribution in [2.75, 3.05) is 10.4 Å². The molecule has 0 aromatic heterocycles. The van der Waals surface area contributed by atoms with Crippen LogP contribution in [0.5, 0.6) is 5.75 Å². The highest BCUT2D eigenvalue weighted by Gasteiger charge is 2.17. The maximum Gasteiger partial charge on any atom is 0.730 e. The predicted molar refractivity (Wildman–Crippen MR) is 71.1 cm³/mol. The van der Waals surface area contributed by atoms with Crippen LogP contribution in [-0.2, 0) is 4.57 Å². The van der Waals surface area contributed by atoms with Gasteiger partial charge >= 0.3 is 8.18 Å². The third-order valence-corrected chi connectivity index (χ3v) is 4.66. The van der Waals surface area contributed by atoms with Crippen LogP contribution < -0.4 is 4.52 Å². The van der Waals surface area contributed by atoms with Gasteiger partial charge in [-0.3, -0.25) is 0 Å². The van der Waals surface area contributed by atoms with Crippen LogP contribution in [0.3, 0.4) is 0 Å². The molecule has 0 aliphatic heterocycles. The van der Waals surface area contributed by atoms with Crippen molar-refractivity contribution in [2.45, 2.75) is 0 Å². The molecular formula is C9H9Cl2NO2PS+. The summed E-state index contributed by atoms with van der Waals surface area (Å²) >= 11 is 11.2. The number of alkyl halides is 2. The number of rotatable bonds is 5. The maximum atomic E-state index is 11.4. The van der Waals surface area contributed by atoms with Crippen molar-refractivity contribution in [2.24, 2.45) is 4.76 Å². The molecule has 0 fully saturated rings. The van der Waals surface area contributed by atoms with E-state index >= 15 is 0 Å². The average Bonchev–Trinajstić information content (AvgIpc) is 2.31. The molecular weight excluding hydrogens is 288 g/mol.